The van der Waals surface area contributed by atoms with Crippen molar-refractivity contribution in [2.45, 2.75) is 12.3 Å². The second-order valence-electron chi connectivity index (χ2n) is 5.09. The molecular formula is C16H10F3NO5. The van der Waals surface area contributed by atoms with E-state index in [1.54, 1.807) is 0 Å². The van der Waals surface area contributed by atoms with Crippen LogP contribution < -0.4 is 9.47 Å². The molecule has 1 aliphatic rings. The smallest absolute Gasteiger partial charge is 0.418 e. The highest BCUT2D eigenvalue weighted by atomic mass is 19.4. The number of aromatic nitrogens is 1. The lowest BCUT2D eigenvalue weighted by molar-refractivity contribution is -0.206. The fourth-order valence-electron chi connectivity index (χ4n) is 2.20. The lowest BCUT2D eigenvalue weighted by atomic mass is 10.1. The molecule has 1 aliphatic heterocycles. The number of halogens is 3. The van der Waals surface area contributed by atoms with Gasteiger partial charge in [-0.25, -0.2) is 4.79 Å². The Morgan fingerprint density at radius 1 is 1.24 bits per heavy atom. The summed E-state index contributed by atoms with van der Waals surface area (Å²) >= 11 is 0. The molecule has 0 radical (unpaired) electrons. The molecule has 1 aromatic heterocycles. The number of nitrogens with zero attached hydrogens (tertiary/aromatic N) is 1. The molecule has 1 atom stereocenters. The fraction of sp³-hybridized carbons (Fsp3) is 0.125. The molecule has 2 heterocycles. The lowest BCUT2D eigenvalue weighted by Crippen LogP contribution is -2.20. The van der Waals surface area contributed by atoms with Gasteiger partial charge < -0.3 is 19.7 Å². The van der Waals surface area contributed by atoms with Gasteiger partial charge in [0.2, 0.25) is 0 Å². The Balaban J connectivity index is 1.92. The molecule has 130 valence electrons. The quantitative estimate of drug-likeness (QED) is 0.881. The van der Waals surface area contributed by atoms with Crippen molar-refractivity contribution in [1.82, 2.24) is 4.98 Å². The van der Waals surface area contributed by atoms with Gasteiger partial charge in [0.15, 0.2) is 23.4 Å². The molecule has 0 saturated carbocycles. The van der Waals surface area contributed by atoms with E-state index in [-0.39, 0.29) is 28.4 Å². The van der Waals surface area contributed by atoms with Gasteiger partial charge in [-0.3, -0.25) is 4.98 Å². The molecule has 0 aliphatic carbocycles. The van der Waals surface area contributed by atoms with E-state index >= 15 is 0 Å². The Bertz CT molecular complexity index is 863. The van der Waals surface area contributed by atoms with Crippen molar-refractivity contribution in [3.05, 3.63) is 59.6 Å². The third-order valence-corrected chi connectivity index (χ3v) is 3.38. The van der Waals surface area contributed by atoms with Crippen LogP contribution in [0.25, 0.3) is 5.76 Å². The topological polar surface area (TPSA) is 88.9 Å². The summed E-state index contributed by atoms with van der Waals surface area (Å²) < 4.78 is 48.6. The standard InChI is InChI=1S/C16H10F3NO5/c17-16(18,19)14(21)9-4-8(5-20-6-9)12-7-24-13-10(15(22)23)2-1-3-11(13)25-12/h1-7,14,21H,(H,22,23). The Hall–Kier alpha value is -3.07. The summed E-state index contributed by atoms with van der Waals surface area (Å²) in [5.74, 6) is -1.11. The molecule has 2 N–H and O–H groups in total. The first-order valence-corrected chi connectivity index (χ1v) is 6.88. The first kappa shape index (κ1) is 16.8. The van der Waals surface area contributed by atoms with Crippen molar-refractivity contribution in [3.8, 4) is 11.5 Å². The second-order valence-corrected chi connectivity index (χ2v) is 5.09. The number of aliphatic hydroxyl groups excluding tert-OH is 1. The van der Waals surface area contributed by atoms with Gasteiger partial charge in [0.05, 0.1) is 0 Å². The number of alkyl halides is 3. The van der Waals surface area contributed by atoms with Gasteiger partial charge in [-0.2, -0.15) is 13.2 Å². The van der Waals surface area contributed by atoms with Crippen LogP contribution in [0.1, 0.15) is 27.6 Å². The lowest BCUT2D eigenvalue weighted by Gasteiger charge is -2.20. The Morgan fingerprint density at radius 3 is 2.68 bits per heavy atom. The number of carboxylic acids is 1. The van der Waals surface area contributed by atoms with Crippen LogP contribution in [0.2, 0.25) is 0 Å². The largest absolute Gasteiger partial charge is 0.478 e. The third-order valence-electron chi connectivity index (χ3n) is 3.38. The summed E-state index contributed by atoms with van der Waals surface area (Å²) in [5, 5.41) is 18.4. The summed E-state index contributed by atoms with van der Waals surface area (Å²) in [6, 6.07) is 5.28. The highest BCUT2D eigenvalue weighted by molar-refractivity contribution is 5.92. The van der Waals surface area contributed by atoms with Crippen LogP contribution >= 0.6 is 0 Å². The zero-order chi connectivity index (χ0) is 18.2. The van der Waals surface area contributed by atoms with E-state index in [0.29, 0.717) is 0 Å². The van der Waals surface area contributed by atoms with Gasteiger partial charge in [0.25, 0.3) is 0 Å². The predicted octanol–water partition coefficient (Wildman–Crippen LogP) is 3.15. The van der Waals surface area contributed by atoms with Gasteiger partial charge >= 0.3 is 12.1 Å². The van der Waals surface area contributed by atoms with Gasteiger partial charge in [-0.05, 0) is 18.2 Å². The maximum Gasteiger partial charge on any atom is 0.418 e. The summed E-state index contributed by atoms with van der Waals surface area (Å²) in [7, 11) is 0. The minimum Gasteiger partial charge on any atom is -0.478 e. The number of para-hydroxylation sites is 1. The van der Waals surface area contributed by atoms with Crippen LogP contribution in [0.5, 0.6) is 11.5 Å². The molecule has 9 heteroatoms. The number of benzene rings is 1. The highest BCUT2D eigenvalue weighted by Crippen LogP contribution is 2.39. The van der Waals surface area contributed by atoms with E-state index in [9.17, 15) is 23.1 Å². The summed E-state index contributed by atoms with van der Waals surface area (Å²) in [6.07, 6.45) is -4.33. The molecule has 0 fully saturated rings. The number of pyridine rings is 1. The number of rotatable bonds is 3. The normalized spacial score (nSPS) is 14.6. The minimum absolute atomic E-state index is 0.0156. The number of aliphatic hydroxyl groups is 1. The average molecular weight is 353 g/mol. The predicted molar refractivity (Wildman–Crippen MR) is 77.9 cm³/mol. The number of carboxylic acid groups (broad SMARTS) is 1. The van der Waals surface area contributed by atoms with Crippen LogP contribution in [0, 0.1) is 0 Å². The highest BCUT2D eigenvalue weighted by Gasteiger charge is 2.39. The molecule has 0 amide bonds. The van der Waals surface area contributed by atoms with E-state index < -0.39 is 23.8 Å². The van der Waals surface area contributed by atoms with Crippen molar-refractivity contribution in [3.63, 3.8) is 0 Å². The van der Waals surface area contributed by atoms with Crippen molar-refractivity contribution in [1.29, 1.82) is 0 Å². The molecular weight excluding hydrogens is 343 g/mol. The minimum atomic E-state index is -4.83. The monoisotopic (exact) mass is 353 g/mol. The van der Waals surface area contributed by atoms with Gasteiger partial charge in [-0.15, -0.1) is 0 Å². The Labute approximate surface area is 138 Å². The molecule has 1 unspecified atom stereocenters. The summed E-state index contributed by atoms with van der Waals surface area (Å²) in [4.78, 5) is 14.8. The number of ether oxygens (including phenoxy) is 2. The number of hydrogen-bond donors (Lipinski definition) is 2. The van der Waals surface area contributed by atoms with Gasteiger partial charge in [0, 0.05) is 23.5 Å². The van der Waals surface area contributed by atoms with E-state index in [0.717, 1.165) is 18.5 Å². The zero-order valence-electron chi connectivity index (χ0n) is 12.3. The Kier molecular flexibility index (Phi) is 4.09. The van der Waals surface area contributed by atoms with Crippen LogP contribution in [0.3, 0.4) is 0 Å². The molecule has 3 rings (SSSR count). The first-order valence-electron chi connectivity index (χ1n) is 6.88. The van der Waals surface area contributed by atoms with E-state index in [4.69, 9.17) is 14.6 Å². The molecule has 1 aromatic carbocycles. The maximum atomic E-state index is 12.6. The Morgan fingerprint density at radius 2 is 2.00 bits per heavy atom. The van der Waals surface area contributed by atoms with Crippen molar-refractivity contribution >= 4 is 11.7 Å². The molecule has 2 aromatic rings. The van der Waals surface area contributed by atoms with Crippen LogP contribution in [-0.2, 0) is 0 Å². The third kappa shape index (κ3) is 3.26. The maximum absolute atomic E-state index is 12.6. The van der Waals surface area contributed by atoms with Crippen LogP contribution in [0.4, 0.5) is 13.2 Å². The number of hydrogen-bond acceptors (Lipinski definition) is 5. The fourth-order valence-corrected chi connectivity index (χ4v) is 2.20. The van der Waals surface area contributed by atoms with Gasteiger partial charge in [-0.1, -0.05) is 6.07 Å². The number of fused-ring (bicyclic) bond motifs is 1. The molecule has 0 bridgehead atoms. The van der Waals surface area contributed by atoms with Gasteiger partial charge in [0.1, 0.15) is 11.8 Å². The van der Waals surface area contributed by atoms with Crippen LogP contribution in [0.15, 0.2) is 42.9 Å². The number of carbonyl (C=O) groups is 1. The van der Waals surface area contributed by atoms with E-state index in [1.807, 2.05) is 0 Å². The van der Waals surface area contributed by atoms with Crippen molar-refractivity contribution in [2.24, 2.45) is 0 Å². The van der Waals surface area contributed by atoms with Crippen molar-refractivity contribution in [2.75, 3.05) is 0 Å². The summed E-state index contributed by atoms with van der Waals surface area (Å²) in [6.45, 7) is 0. The average Bonchev–Trinajstić information content (AvgIpc) is 2.59. The van der Waals surface area contributed by atoms with E-state index in [1.165, 1.54) is 24.4 Å². The first-order chi connectivity index (χ1) is 11.8. The van der Waals surface area contributed by atoms with Crippen LogP contribution in [-0.4, -0.2) is 27.3 Å². The molecule has 0 saturated heterocycles. The zero-order valence-corrected chi connectivity index (χ0v) is 12.3. The molecule has 6 nitrogen and oxygen atoms in total. The molecule has 25 heavy (non-hydrogen) atoms. The number of aromatic carboxylic acids is 1. The van der Waals surface area contributed by atoms with E-state index in [2.05, 4.69) is 4.98 Å². The second kappa shape index (κ2) is 6.10. The van der Waals surface area contributed by atoms with Crippen molar-refractivity contribution < 1.29 is 37.7 Å². The summed E-state index contributed by atoms with van der Waals surface area (Å²) in [5.41, 5.74) is -0.445. The SMILES string of the molecule is O=C(O)c1cccc2c1OC=C(c1cncc(C(O)C(F)(F)F)c1)O2. The molecule has 0 spiro atoms.